The lowest BCUT2D eigenvalue weighted by atomic mass is 9.96. The van der Waals surface area contributed by atoms with Crippen molar-refractivity contribution in [3.63, 3.8) is 0 Å². The van der Waals surface area contributed by atoms with E-state index in [-0.39, 0.29) is 0 Å². The number of para-hydroxylation sites is 2. The first kappa shape index (κ1) is 35.0. The molecular formula is C59H34N4O. The monoisotopic (exact) mass is 814 g/mol. The van der Waals surface area contributed by atoms with Gasteiger partial charge >= 0.3 is 0 Å². The highest BCUT2D eigenvalue weighted by Gasteiger charge is 2.23. The number of furan rings is 1. The summed E-state index contributed by atoms with van der Waals surface area (Å²) in [6.45, 7) is 0. The third-order valence-electron chi connectivity index (χ3n) is 13.2. The minimum Gasteiger partial charge on any atom is -0.455 e. The fourth-order valence-electron chi connectivity index (χ4n) is 10.3. The Balaban J connectivity index is 1.12. The van der Waals surface area contributed by atoms with E-state index < -0.39 is 0 Å². The zero-order chi connectivity index (χ0) is 41.9. The van der Waals surface area contributed by atoms with Crippen LogP contribution in [0.5, 0.6) is 0 Å². The molecule has 0 saturated carbocycles. The van der Waals surface area contributed by atoms with Gasteiger partial charge in [-0.05, 0) is 102 Å². The molecule has 0 aliphatic carbocycles. The standard InChI is InChI=1S/C59H34N4O/c1-2-16-36-32-54-48(29-35(36)15-1)46-25-11-13-27-53(46)63(54)39-33-49-47-26-12-14-28-55(47)64-56(49)52(34-39)59-61-57(50-30-37-17-3-5-19-40(37)42-21-7-9-23-44(42)50)60-58(62-59)51-31-38-18-4-6-20-41(38)43-22-8-10-24-45(43)51/h1-34H. The summed E-state index contributed by atoms with van der Waals surface area (Å²) >= 11 is 0. The first-order valence-electron chi connectivity index (χ1n) is 21.7. The van der Waals surface area contributed by atoms with Crippen molar-refractivity contribution >= 4 is 97.6 Å². The molecule has 0 unspecified atom stereocenters. The average molecular weight is 815 g/mol. The van der Waals surface area contributed by atoms with Crippen LogP contribution in [0.3, 0.4) is 0 Å². The summed E-state index contributed by atoms with van der Waals surface area (Å²) in [4.78, 5) is 16.5. The second kappa shape index (κ2) is 13.4. The molecule has 5 heteroatoms. The number of nitrogens with zero attached hydrogens (tertiary/aromatic N) is 4. The van der Waals surface area contributed by atoms with Gasteiger partial charge in [0.2, 0.25) is 0 Å². The second-order valence-corrected chi connectivity index (χ2v) is 16.7. The van der Waals surface area contributed by atoms with E-state index in [9.17, 15) is 0 Å². The molecule has 0 amide bonds. The predicted octanol–water partition coefficient (Wildman–Crippen LogP) is 15.6. The van der Waals surface area contributed by atoms with Crippen LogP contribution in [0, 0.1) is 0 Å². The summed E-state index contributed by atoms with van der Waals surface area (Å²) in [5, 5.41) is 15.9. The van der Waals surface area contributed by atoms with Crippen LogP contribution in [-0.2, 0) is 0 Å². The number of aromatic nitrogens is 4. The summed E-state index contributed by atoms with van der Waals surface area (Å²) in [5.74, 6) is 1.72. The van der Waals surface area contributed by atoms with Gasteiger partial charge in [-0.15, -0.1) is 0 Å². The van der Waals surface area contributed by atoms with Crippen molar-refractivity contribution in [2.45, 2.75) is 0 Å². The van der Waals surface area contributed by atoms with E-state index in [0.29, 0.717) is 17.5 Å². The molecule has 14 rings (SSSR count). The van der Waals surface area contributed by atoms with Gasteiger partial charge in [0, 0.05) is 38.4 Å². The first-order valence-corrected chi connectivity index (χ1v) is 21.7. The lowest BCUT2D eigenvalue weighted by Crippen LogP contribution is -2.02. The van der Waals surface area contributed by atoms with E-state index in [1.54, 1.807) is 0 Å². The molecule has 0 fully saturated rings. The zero-order valence-electron chi connectivity index (χ0n) is 34.3. The van der Waals surface area contributed by atoms with Crippen LogP contribution in [-0.4, -0.2) is 19.5 Å². The molecule has 0 aliphatic rings. The van der Waals surface area contributed by atoms with Crippen LogP contribution in [0.2, 0.25) is 0 Å². The van der Waals surface area contributed by atoms with Crippen molar-refractivity contribution in [1.29, 1.82) is 0 Å². The molecule has 0 N–H and O–H groups in total. The van der Waals surface area contributed by atoms with E-state index in [1.807, 2.05) is 12.1 Å². The van der Waals surface area contributed by atoms with Crippen molar-refractivity contribution < 1.29 is 4.42 Å². The molecule has 0 atom stereocenters. The number of fused-ring (bicyclic) bond motifs is 13. The Morgan fingerprint density at radius 1 is 0.297 bits per heavy atom. The van der Waals surface area contributed by atoms with Gasteiger partial charge in [0.15, 0.2) is 17.5 Å². The molecule has 5 nitrogen and oxygen atoms in total. The molecule has 0 radical (unpaired) electrons. The maximum absolute atomic E-state index is 6.88. The maximum Gasteiger partial charge on any atom is 0.167 e. The minimum absolute atomic E-state index is 0.534. The van der Waals surface area contributed by atoms with Crippen molar-refractivity contribution in [2.75, 3.05) is 0 Å². The van der Waals surface area contributed by atoms with E-state index in [2.05, 4.69) is 199 Å². The van der Waals surface area contributed by atoms with E-state index in [1.165, 1.54) is 32.3 Å². The molecule has 296 valence electrons. The Hall–Kier alpha value is -8.67. The van der Waals surface area contributed by atoms with Crippen LogP contribution in [0.15, 0.2) is 211 Å². The molecular weight excluding hydrogens is 781 g/mol. The Morgan fingerprint density at radius 3 is 1.39 bits per heavy atom. The number of benzene rings is 11. The third-order valence-corrected chi connectivity index (χ3v) is 13.2. The normalized spacial score (nSPS) is 12.1. The highest BCUT2D eigenvalue weighted by molar-refractivity contribution is 6.17. The molecule has 0 aliphatic heterocycles. The third kappa shape index (κ3) is 5.15. The fourth-order valence-corrected chi connectivity index (χ4v) is 10.3. The Bertz CT molecular complexity index is 4140. The van der Waals surface area contributed by atoms with Crippen LogP contribution >= 0.6 is 0 Å². The molecule has 0 spiro atoms. The molecule has 0 bridgehead atoms. The maximum atomic E-state index is 6.88. The quantitative estimate of drug-likeness (QED) is 0.166. The summed E-state index contributed by atoms with van der Waals surface area (Å²) in [5.41, 5.74) is 7.44. The smallest absolute Gasteiger partial charge is 0.167 e. The lowest BCUT2D eigenvalue weighted by molar-refractivity contribution is 0.669. The van der Waals surface area contributed by atoms with Crippen LogP contribution in [0.4, 0.5) is 0 Å². The number of rotatable bonds is 4. The summed E-state index contributed by atoms with van der Waals surface area (Å²) in [6, 6.07) is 73.4. The Labute approximate surface area is 366 Å². The second-order valence-electron chi connectivity index (χ2n) is 16.7. The van der Waals surface area contributed by atoms with Gasteiger partial charge < -0.3 is 8.98 Å². The van der Waals surface area contributed by atoms with Gasteiger partial charge in [0.25, 0.3) is 0 Å². The molecule has 3 heterocycles. The van der Waals surface area contributed by atoms with Crippen molar-refractivity contribution in [3.8, 4) is 39.9 Å². The van der Waals surface area contributed by atoms with Crippen molar-refractivity contribution in [3.05, 3.63) is 206 Å². The van der Waals surface area contributed by atoms with E-state index >= 15 is 0 Å². The van der Waals surface area contributed by atoms with Crippen LogP contribution < -0.4 is 0 Å². The highest BCUT2D eigenvalue weighted by Crippen LogP contribution is 2.43. The van der Waals surface area contributed by atoms with Gasteiger partial charge in [0.1, 0.15) is 11.2 Å². The van der Waals surface area contributed by atoms with E-state index in [0.717, 1.165) is 87.7 Å². The molecule has 14 aromatic rings. The average Bonchev–Trinajstić information content (AvgIpc) is 3.90. The highest BCUT2D eigenvalue weighted by atomic mass is 16.3. The van der Waals surface area contributed by atoms with Gasteiger partial charge in [-0.3, -0.25) is 0 Å². The SMILES string of the molecule is c1ccc2cc3c(cc2c1)c1ccccc1n3-c1cc(-c2nc(-c3cc4ccccc4c4ccccc34)nc(-c3cc4ccccc4c4ccccc34)n2)c2oc3ccccc3c2c1. The summed E-state index contributed by atoms with van der Waals surface area (Å²) in [7, 11) is 0. The number of hydrogen-bond acceptors (Lipinski definition) is 4. The Morgan fingerprint density at radius 2 is 0.766 bits per heavy atom. The first-order chi connectivity index (χ1) is 31.7. The molecule has 3 aromatic heterocycles. The summed E-state index contributed by atoms with van der Waals surface area (Å²) < 4.78 is 9.27. The van der Waals surface area contributed by atoms with Crippen molar-refractivity contribution in [1.82, 2.24) is 19.5 Å². The largest absolute Gasteiger partial charge is 0.455 e. The molecule has 0 saturated heterocycles. The lowest BCUT2D eigenvalue weighted by Gasteiger charge is -2.15. The van der Waals surface area contributed by atoms with Crippen LogP contribution in [0.25, 0.3) is 137 Å². The van der Waals surface area contributed by atoms with Gasteiger partial charge in [-0.25, -0.2) is 15.0 Å². The topological polar surface area (TPSA) is 56.7 Å². The van der Waals surface area contributed by atoms with Gasteiger partial charge in [0.05, 0.1) is 16.6 Å². The Kier molecular flexibility index (Phi) is 7.33. The minimum atomic E-state index is 0.534. The molecule has 11 aromatic carbocycles. The van der Waals surface area contributed by atoms with Crippen LogP contribution in [0.1, 0.15) is 0 Å². The fraction of sp³-hybridized carbons (Fsp3) is 0. The van der Waals surface area contributed by atoms with E-state index in [4.69, 9.17) is 19.4 Å². The van der Waals surface area contributed by atoms with Gasteiger partial charge in [-0.1, -0.05) is 158 Å². The summed E-state index contributed by atoms with van der Waals surface area (Å²) in [6.07, 6.45) is 0. The zero-order valence-corrected chi connectivity index (χ0v) is 34.3. The predicted molar refractivity (Wildman–Crippen MR) is 265 cm³/mol. The van der Waals surface area contributed by atoms with Gasteiger partial charge in [-0.2, -0.15) is 0 Å². The van der Waals surface area contributed by atoms with Crippen molar-refractivity contribution in [2.24, 2.45) is 0 Å². The molecule has 64 heavy (non-hydrogen) atoms. The number of hydrogen-bond donors (Lipinski definition) is 0.